The summed E-state index contributed by atoms with van der Waals surface area (Å²) in [4.78, 5) is 33.4. The second-order valence-corrected chi connectivity index (χ2v) is 4.71. The monoisotopic (exact) mass is 300 g/mol. The SMILES string of the molecule is Cc1ccc(-c2ccc(C(=O)O)c(C(=O)O)c2)cc1C(=O)O. The van der Waals surface area contributed by atoms with Crippen LogP contribution in [0.5, 0.6) is 0 Å². The lowest BCUT2D eigenvalue weighted by molar-refractivity contribution is 0.0651. The molecule has 0 bridgehead atoms. The smallest absolute Gasteiger partial charge is 0.336 e. The zero-order valence-corrected chi connectivity index (χ0v) is 11.5. The lowest BCUT2D eigenvalue weighted by Crippen LogP contribution is -2.08. The highest BCUT2D eigenvalue weighted by molar-refractivity contribution is 6.02. The summed E-state index contributed by atoms with van der Waals surface area (Å²) in [5.74, 6) is -3.77. The van der Waals surface area contributed by atoms with Crippen molar-refractivity contribution in [1.29, 1.82) is 0 Å². The predicted octanol–water partition coefficient (Wildman–Crippen LogP) is 2.76. The van der Waals surface area contributed by atoms with Gasteiger partial charge in [-0.3, -0.25) is 0 Å². The molecule has 22 heavy (non-hydrogen) atoms. The Hall–Kier alpha value is -3.15. The molecule has 0 aromatic heterocycles. The van der Waals surface area contributed by atoms with Crippen molar-refractivity contribution < 1.29 is 29.7 Å². The second kappa shape index (κ2) is 5.69. The van der Waals surface area contributed by atoms with Crippen LogP contribution < -0.4 is 0 Å². The Bertz CT molecular complexity index is 791. The zero-order chi connectivity index (χ0) is 16.4. The number of hydrogen-bond acceptors (Lipinski definition) is 3. The van der Waals surface area contributed by atoms with E-state index >= 15 is 0 Å². The molecule has 0 atom stereocenters. The van der Waals surface area contributed by atoms with Gasteiger partial charge in [-0.1, -0.05) is 18.2 Å². The van der Waals surface area contributed by atoms with E-state index in [1.165, 1.54) is 24.3 Å². The molecule has 0 aliphatic carbocycles. The Morgan fingerprint density at radius 2 is 1.14 bits per heavy atom. The fraction of sp³-hybridized carbons (Fsp3) is 0.0625. The first-order chi connectivity index (χ1) is 10.3. The van der Waals surface area contributed by atoms with Crippen LogP contribution in [0.3, 0.4) is 0 Å². The summed E-state index contributed by atoms with van der Waals surface area (Å²) in [7, 11) is 0. The normalized spacial score (nSPS) is 10.2. The highest BCUT2D eigenvalue weighted by Crippen LogP contribution is 2.25. The molecule has 0 saturated carbocycles. The van der Waals surface area contributed by atoms with E-state index in [0.717, 1.165) is 0 Å². The van der Waals surface area contributed by atoms with E-state index in [4.69, 9.17) is 15.3 Å². The first-order valence-corrected chi connectivity index (χ1v) is 6.26. The van der Waals surface area contributed by atoms with Gasteiger partial charge < -0.3 is 15.3 Å². The fourth-order valence-electron chi connectivity index (χ4n) is 2.12. The largest absolute Gasteiger partial charge is 0.478 e. The van der Waals surface area contributed by atoms with Crippen molar-refractivity contribution >= 4 is 17.9 Å². The Morgan fingerprint density at radius 3 is 1.64 bits per heavy atom. The van der Waals surface area contributed by atoms with E-state index in [0.29, 0.717) is 16.7 Å². The number of carboxylic acids is 3. The van der Waals surface area contributed by atoms with Crippen LogP contribution in [0.1, 0.15) is 36.6 Å². The number of benzene rings is 2. The highest BCUT2D eigenvalue weighted by Gasteiger charge is 2.17. The van der Waals surface area contributed by atoms with Gasteiger partial charge >= 0.3 is 17.9 Å². The Morgan fingerprint density at radius 1 is 0.682 bits per heavy atom. The first-order valence-electron chi connectivity index (χ1n) is 6.26. The first kappa shape index (κ1) is 15.2. The minimum atomic E-state index is -1.36. The number of hydrogen-bond donors (Lipinski definition) is 3. The summed E-state index contributed by atoms with van der Waals surface area (Å²) in [6.07, 6.45) is 0. The number of aromatic carboxylic acids is 3. The fourth-order valence-corrected chi connectivity index (χ4v) is 2.12. The number of aryl methyl sites for hydroxylation is 1. The molecule has 0 spiro atoms. The summed E-state index contributed by atoms with van der Waals surface area (Å²) >= 11 is 0. The van der Waals surface area contributed by atoms with Gasteiger partial charge in [0.1, 0.15) is 0 Å². The summed E-state index contributed by atoms with van der Waals surface area (Å²) in [5, 5.41) is 27.2. The van der Waals surface area contributed by atoms with Crippen molar-refractivity contribution in [3.05, 3.63) is 58.7 Å². The van der Waals surface area contributed by atoms with Crippen molar-refractivity contribution in [2.75, 3.05) is 0 Å². The van der Waals surface area contributed by atoms with E-state index < -0.39 is 17.9 Å². The van der Waals surface area contributed by atoms with Gasteiger partial charge in [0.05, 0.1) is 16.7 Å². The van der Waals surface area contributed by atoms with Crippen LogP contribution in [0.2, 0.25) is 0 Å². The Kier molecular flexibility index (Phi) is 3.94. The molecule has 6 nitrogen and oxygen atoms in total. The van der Waals surface area contributed by atoms with Gasteiger partial charge in [0.2, 0.25) is 0 Å². The van der Waals surface area contributed by atoms with E-state index in [9.17, 15) is 14.4 Å². The molecule has 2 aromatic carbocycles. The molecule has 0 radical (unpaired) electrons. The molecular weight excluding hydrogens is 288 g/mol. The highest BCUT2D eigenvalue weighted by atomic mass is 16.4. The minimum absolute atomic E-state index is 0.108. The van der Waals surface area contributed by atoms with Gasteiger partial charge in [0.25, 0.3) is 0 Å². The standard InChI is InChI=1S/C16H12O6/c1-8-2-3-9(6-12(8)15(19)20)10-4-5-11(14(17)18)13(7-10)16(21)22/h2-7H,1H3,(H,17,18)(H,19,20)(H,21,22). The molecule has 0 amide bonds. The molecule has 3 N–H and O–H groups in total. The average Bonchev–Trinajstić information content (AvgIpc) is 2.46. The van der Waals surface area contributed by atoms with Gasteiger partial charge in [-0.25, -0.2) is 14.4 Å². The Balaban J connectivity index is 2.61. The molecular formula is C16H12O6. The average molecular weight is 300 g/mol. The van der Waals surface area contributed by atoms with E-state index in [-0.39, 0.29) is 16.7 Å². The maximum atomic E-state index is 11.2. The van der Waals surface area contributed by atoms with Crippen molar-refractivity contribution in [1.82, 2.24) is 0 Å². The number of rotatable bonds is 4. The van der Waals surface area contributed by atoms with Crippen molar-refractivity contribution in [3.63, 3.8) is 0 Å². The Labute approximate surface area is 125 Å². The van der Waals surface area contributed by atoms with Gasteiger partial charge in [-0.15, -0.1) is 0 Å². The summed E-state index contributed by atoms with van der Waals surface area (Å²) in [6, 6.07) is 8.57. The van der Waals surface area contributed by atoms with Crippen LogP contribution in [0.4, 0.5) is 0 Å². The van der Waals surface area contributed by atoms with Crippen molar-refractivity contribution in [3.8, 4) is 11.1 Å². The quantitative estimate of drug-likeness (QED) is 0.800. The summed E-state index contributed by atoms with van der Waals surface area (Å²) < 4.78 is 0. The third-order valence-electron chi connectivity index (χ3n) is 3.28. The molecule has 0 saturated heterocycles. The molecule has 2 rings (SSSR count). The zero-order valence-electron chi connectivity index (χ0n) is 11.5. The van der Waals surface area contributed by atoms with Crippen LogP contribution in [0, 0.1) is 6.92 Å². The molecule has 0 aliphatic rings. The molecule has 2 aromatic rings. The maximum Gasteiger partial charge on any atom is 0.336 e. The van der Waals surface area contributed by atoms with Gasteiger partial charge in [-0.2, -0.15) is 0 Å². The van der Waals surface area contributed by atoms with E-state index in [2.05, 4.69) is 0 Å². The van der Waals surface area contributed by atoms with Gasteiger partial charge in [0, 0.05) is 0 Å². The third-order valence-corrected chi connectivity index (χ3v) is 3.28. The number of carbonyl (C=O) groups is 3. The minimum Gasteiger partial charge on any atom is -0.478 e. The summed E-state index contributed by atoms with van der Waals surface area (Å²) in [6.45, 7) is 1.66. The molecule has 0 heterocycles. The molecule has 6 heteroatoms. The molecule has 0 unspecified atom stereocenters. The van der Waals surface area contributed by atoms with Crippen LogP contribution in [0.15, 0.2) is 36.4 Å². The van der Waals surface area contributed by atoms with Crippen molar-refractivity contribution in [2.45, 2.75) is 6.92 Å². The molecule has 0 fully saturated rings. The van der Waals surface area contributed by atoms with Crippen LogP contribution >= 0.6 is 0 Å². The maximum absolute atomic E-state index is 11.2. The van der Waals surface area contributed by atoms with Crippen molar-refractivity contribution in [2.24, 2.45) is 0 Å². The number of carboxylic acid groups (broad SMARTS) is 3. The lowest BCUT2D eigenvalue weighted by Gasteiger charge is -2.08. The van der Waals surface area contributed by atoms with Gasteiger partial charge in [0.15, 0.2) is 0 Å². The third kappa shape index (κ3) is 2.80. The lowest BCUT2D eigenvalue weighted by atomic mass is 9.96. The van der Waals surface area contributed by atoms with Crippen LogP contribution in [0.25, 0.3) is 11.1 Å². The second-order valence-electron chi connectivity index (χ2n) is 4.71. The molecule has 0 aliphatic heterocycles. The molecule has 112 valence electrons. The summed E-state index contributed by atoms with van der Waals surface area (Å²) in [5.41, 5.74) is 0.963. The van der Waals surface area contributed by atoms with Crippen LogP contribution in [-0.2, 0) is 0 Å². The van der Waals surface area contributed by atoms with E-state index in [1.54, 1.807) is 19.1 Å². The topological polar surface area (TPSA) is 112 Å². The predicted molar refractivity (Wildman–Crippen MR) is 77.5 cm³/mol. The van der Waals surface area contributed by atoms with Crippen LogP contribution in [-0.4, -0.2) is 33.2 Å². The van der Waals surface area contributed by atoms with E-state index in [1.807, 2.05) is 0 Å². The van der Waals surface area contributed by atoms with Gasteiger partial charge in [-0.05, 0) is 41.8 Å².